The van der Waals surface area contributed by atoms with Gasteiger partial charge in [-0.15, -0.1) is 0 Å². The van der Waals surface area contributed by atoms with Gasteiger partial charge in [-0.1, -0.05) is 6.07 Å². The number of hydrogen-bond donors (Lipinski definition) is 2. The molecule has 0 amide bonds. The number of phenolic OH excluding ortho intramolecular Hbond substituents is 1. The number of phenols is 1. The second-order valence-electron chi connectivity index (χ2n) is 5.46. The predicted molar refractivity (Wildman–Crippen MR) is 85.5 cm³/mol. The van der Waals surface area contributed by atoms with Gasteiger partial charge in [0.05, 0.1) is 4.90 Å². The number of sulfonamides is 1. The van der Waals surface area contributed by atoms with E-state index in [0.717, 1.165) is 29.8 Å². The average molecular weight is 336 g/mol. The minimum absolute atomic E-state index is 0.247. The van der Waals surface area contributed by atoms with Crippen LogP contribution in [0.5, 0.6) is 5.75 Å². The van der Waals surface area contributed by atoms with E-state index in [1.165, 1.54) is 19.2 Å². The van der Waals surface area contributed by atoms with Gasteiger partial charge in [0.1, 0.15) is 0 Å². The third-order valence-electron chi connectivity index (χ3n) is 4.01. The number of hydrogen-bond acceptors (Lipinski definition) is 4. The summed E-state index contributed by atoms with van der Waals surface area (Å²) in [5.41, 5.74) is 2.66. The molecular weight excluding hydrogens is 319 g/mol. The lowest BCUT2D eigenvalue weighted by Crippen LogP contribution is -2.20. The van der Waals surface area contributed by atoms with Crippen LogP contribution in [-0.2, 0) is 23.0 Å². The van der Waals surface area contributed by atoms with Gasteiger partial charge in [-0.2, -0.15) is 0 Å². The Labute approximate surface area is 134 Å². The summed E-state index contributed by atoms with van der Waals surface area (Å²) < 4.78 is 39.4. The largest absolute Gasteiger partial charge is 0.505 e. The Bertz CT molecular complexity index is 852. The SMILES string of the molecule is CNS(=O)(=O)c1ccc2c(c1)CCN2Cc1ccc(O)c(F)c1. The van der Waals surface area contributed by atoms with Crippen molar-refractivity contribution in [3.8, 4) is 5.75 Å². The van der Waals surface area contributed by atoms with Crippen molar-refractivity contribution in [3.63, 3.8) is 0 Å². The van der Waals surface area contributed by atoms with Crippen LogP contribution in [0.4, 0.5) is 10.1 Å². The van der Waals surface area contributed by atoms with Crippen LogP contribution in [0, 0.1) is 5.82 Å². The van der Waals surface area contributed by atoms with E-state index in [2.05, 4.69) is 9.62 Å². The van der Waals surface area contributed by atoms with Crippen molar-refractivity contribution >= 4 is 15.7 Å². The van der Waals surface area contributed by atoms with Gasteiger partial charge in [-0.05, 0) is 54.9 Å². The highest BCUT2D eigenvalue weighted by Crippen LogP contribution is 2.31. The fraction of sp³-hybridized carbons (Fsp3) is 0.250. The highest BCUT2D eigenvalue weighted by atomic mass is 32.2. The number of nitrogens with zero attached hydrogens (tertiary/aromatic N) is 1. The van der Waals surface area contributed by atoms with Crippen molar-refractivity contribution in [1.29, 1.82) is 0 Å². The van der Waals surface area contributed by atoms with E-state index in [9.17, 15) is 17.9 Å². The third-order valence-corrected chi connectivity index (χ3v) is 5.42. The van der Waals surface area contributed by atoms with Crippen LogP contribution in [0.3, 0.4) is 0 Å². The van der Waals surface area contributed by atoms with E-state index in [1.54, 1.807) is 24.3 Å². The number of fused-ring (bicyclic) bond motifs is 1. The van der Waals surface area contributed by atoms with Crippen molar-refractivity contribution < 1.29 is 17.9 Å². The average Bonchev–Trinajstić information content (AvgIpc) is 2.93. The maximum atomic E-state index is 13.4. The first-order valence-electron chi connectivity index (χ1n) is 7.19. The second kappa shape index (κ2) is 5.82. The van der Waals surface area contributed by atoms with Gasteiger partial charge in [0.2, 0.25) is 10.0 Å². The Kier molecular flexibility index (Phi) is 3.99. The van der Waals surface area contributed by atoms with Gasteiger partial charge in [0, 0.05) is 18.8 Å². The van der Waals surface area contributed by atoms with E-state index in [4.69, 9.17) is 0 Å². The highest BCUT2D eigenvalue weighted by Gasteiger charge is 2.22. The zero-order valence-electron chi connectivity index (χ0n) is 12.6. The molecule has 0 bridgehead atoms. The lowest BCUT2D eigenvalue weighted by Gasteiger charge is -2.20. The normalized spacial score (nSPS) is 14.1. The Morgan fingerprint density at radius 2 is 2.04 bits per heavy atom. The van der Waals surface area contributed by atoms with E-state index in [0.29, 0.717) is 6.54 Å². The molecule has 0 unspecified atom stereocenters. The van der Waals surface area contributed by atoms with Crippen molar-refractivity contribution in [2.24, 2.45) is 0 Å². The first kappa shape index (κ1) is 15.8. The van der Waals surface area contributed by atoms with Gasteiger partial charge in [-0.3, -0.25) is 0 Å². The molecule has 0 saturated carbocycles. The third kappa shape index (κ3) is 3.02. The molecule has 7 heteroatoms. The minimum Gasteiger partial charge on any atom is -0.505 e. The summed E-state index contributed by atoms with van der Waals surface area (Å²) in [6.07, 6.45) is 0.739. The zero-order valence-corrected chi connectivity index (χ0v) is 13.4. The first-order valence-corrected chi connectivity index (χ1v) is 8.68. The van der Waals surface area contributed by atoms with Crippen LogP contribution in [0.2, 0.25) is 0 Å². The van der Waals surface area contributed by atoms with E-state index >= 15 is 0 Å². The van der Waals surface area contributed by atoms with Crippen molar-refractivity contribution in [2.45, 2.75) is 17.9 Å². The molecule has 122 valence electrons. The van der Waals surface area contributed by atoms with Gasteiger partial charge in [0.25, 0.3) is 0 Å². The molecule has 1 aliphatic rings. The monoisotopic (exact) mass is 336 g/mol. The molecule has 2 N–H and O–H groups in total. The fourth-order valence-electron chi connectivity index (χ4n) is 2.76. The molecule has 2 aromatic carbocycles. The van der Waals surface area contributed by atoms with Crippen LogP contribution >= 0.6 is 0 Å². The molecule has 0 spiro atoms. The molecule has 1 heterocycles. The van der Waals surface area contributed by atoms with E-state index < -0.39 is 15.8 Å². The summed E-state index contributed by atoms with van der Waals surface area (Å²) in [7, 11) is -2.07. The Morgan fingerprint density at radius 3 is 2.74 bits per heavy atom. The number of benzene rings is 2. The Morgan fingerprint density at radius 1 is 1.26 bits per heavy atom. The fourth-order valence-corrected chi connectivity index (χ4v) is 3.55. The summed E-state index contributed by atoms with van der Waals surface area (Å²) in [4.78, 5) is 2.31. The molecule has 3 rings (SSSR count). The summed E-state index contributed by atoms with van der Waals surface area (Å²) in [6.45, 7) is 1.24. The predicted octanol–water partition coefficient (Wildman–Crippen LogP) is 2.00. The number of rotatable bonds is 4. The van der Waals surface area contributed by atoms with Gasteiger partial charge >= 0.3 is 0 Å². The molecule has 0 atom stereocenters. The lowest BCUT2D eigenvalue weighted by molar-refractivity contribution is 0.431. The van der Waals surface area contributed by atoms with Crippen LogP contribution in [0.25, 0.3) is 0 Å². The van der Waals surface area contributed by atoms with Gasteiger partial charge < -0.3 is 10.0 Å². The first-order chi connectivity index (χ1) is 10.9. The van der Waals surface area contributed by atoms with Gasteiger partial charge in [-0.25, -0.2) is 17.5 Å². The number of nitrogens with one attached hydrogen (secondary N) is 1. The maximum Gasteiger partial charge on any atom is 0.240 e. The summed E-state index contributed by atoms with van der Waals surface area (Å²) in [6, 6.07) is 9.36. The molecule has 0 radical (unpaired) electrons. The molecule has 23 heavy (non-hydrogen) atoms. The lowest BCUT2D eigenvalue weighted by atomic mass is 10.1. The molecule has 0 aliphatic carbocycles. The van der Waals surface area contributed by atoms with Crippen molar-refractivity contribution in [2.75, 3.05) is 18.5 Å². The molecule has 0 saturated heterocycles. The summed E-state index contributed by atoms with van der Waals surface area (Å²) in [5.74, 6) is -1.00. The highest BCUT2D eigenvalue weighted by molar-refractivity contribution is 7.89. The van der Waals surface area contributed by atoms with Crippen molar-refractivity contribution in [1.82, 2.24) is 4.72 Å². The van der Waals surface area contributed by atoms with E-state index in [1.807, 2.05) is 0 Å². The Balaban J connectivity index is 1.86. The summed E-state index contributed by atoms with van der Waals surface area (Å²) in [5, 5.41) is 9.24. The summed E-state index contributed by atoms with van der Waals surface area (Å²) >= 11 is 0. The van der Waals surface area contributed by atoms with Crippen molar-refractivity contribution in [3.05, 3.63) is 53.3 Å². The standard InChI is InChI=1S/C16H17FN2O3S/c1-18-23(21,22)13-3-4-15-12(9-13)6-7-19(15)10-11-2-5-16(20)14(17)8-11/h2-5,8-9,18,20H,6-7,10H2,1H3. The second-order valence-corrected chi connectivity index (χ2v) is 7.34. The topological polar surface area (TPSA) is 69.6 Å². The zero-order chi connectivity index (χ0) is 16.6. The maximum absolute atomic E-state index is 13.4. The molecule has 1 aliphatic heterocycles. The molecule has 0 fully saturated rings. The van der Waals surface area contributed by atoms with E-state index in [-0.39, 0.29) is 10.6 Å². The molecule has 2 aromatic rings. The van der Waals surface area contributed by atoms with Crippen LogP contribution in [-0.4, -0.2) is 27.1 Å². The smallest absolute Gasteiger partial charge is 0.240 e. The minimum atomic E-state index is -3.45. The number of aromatic hydroxyl groups is 1. The number of anilines is 1. The van der Waals surface area contributed by atoms with Crippen LogP contribution < -0.4 is 9.62 Å². The number of halogens is 1. The van der Waals surface area contributed by atoms with Crippen LogP contribution in [0.15, 0.2) is 41.3 Å². The Hall–Kier alpha value is -2.12. The quantitative estimate of drug-likeness (QED) is 0.896. The molecule has 5 nitrogen and oxygen atoms in total. The van der Waals surface area contributed by atoms with Crippen LogP contribution in [0.1, 0.15) is 11.1 Å². The molecular formula is C16H17FN2O3S. The molecule has 0 aromatic heterocycles. The van der Waals surface area contributed by atoms with Gasteiger partial charge in [0.15, 0.2) is 11.6 Å².